The van der Waals surface area contributed by atoms with Gasteiger partial charge in [0.2, 0.25) is 11.3 Å². The Morgan fingerprint density at radius 2 is 1.84 bits per heavy atom. The average molecular weight is 511 g/mol. The van der Waals surface area contributed by atoms with Crippen molar-refractivity contribution in [1.82, 2.24) is 9.55 Å². The van der Waals surface area contributed by atoms with Crippen LogP contribution in [0.25, 0.3) is 10.9 Å². The summed E-state index contributed by atoms with van der Waals surface area (Å²) in [5.41, 5.74) is 1.92. The fourth-order valence-electron chi connectivity index (χ4n) is 3.39. The lowest BCUT2D eigenvalue weighted by atomic mass is 10.0. The summed E-state index contributed by atoms with van der Waals surface area (Å²) in [5, 5.41) is 3.55. The highest BCUT2D eigenvalue weighted by Crippen LogP contribution is 2.23. The molecule has 0 saturated heterocycles. The zero-order valence-corrected chi connectivity index (χ0v) is 19.3. The molecule has 0 aliphatic rings. The van der Waals surface area contributed by atoms with Crippen molar-refractivity contribution in [3.8, 4) is 0 Å². The van der Waals surface area contributed by atoms with Gasteiger partial charge in [-0.3, -0.25) is 19.4 Å². The number of nitrogens with zero attached hydrogens (tertiary/aromatic N) is 2. The van der Waals surface area contributed by atoms with Gasteiger partial charge >= 0.3 is 0 Å². The van der Waals surface area contributed by atoms with Crippen molar-refractivity contribution in [3.63, 3.8) is 0 Å². The van der Waals surface area contributed by atoms with E-state index in [2.05, 4.69) is 26.2 Å². The van der Waals surface area contributed by atoms with E-state index in [1.54, 1.807) is 47.0 Å². The summed E-state index contributed by atoms with van der Waals surface area (Å²) < 4.78 is 2.28. The minimum atomic E-state index is -0.435. The number of nitrogens with one attached hydrogen (secondary N) is 1. The molecule has 4 rings (SSSR count). The van der Waals surface area contributed by atoms with E-state index in [9.17, 15) is 14.4 Å². The second-order valence-electron chi connectivity index (χ2n) is 7.26. The fourth-order valence-corrected chi connectivity index (χ4v) is 4.03. The van der Waals surface area contributed by atoms with E-state index in [0.717, 1.165) is 5.56 Å². The van der Waals surface area contributed by atoms with E-state index in [1.807, 2.05) is 13.0 Å². The van der Waals surface area contributed by atoms with Crippen LogP contribution in [0.4, 0.5) is 5.69 Å². The highest BCUT2D eigenvalue weighted by Gasteiger charge is 2.18. The van der Waals surface area contributed by atoms with Gasteiger partial charge in [0.05, 0.1) is 21.8 Å². The van der Waals surface area contributed by atoms with Crippen LogP contribution in [-0.4, -0.2) is 21.2 Å². The molecule has 2 aromatic carbocycles. The lowest BCUT2D eigenvalue weighted by Crippen LogP contribution is -2.24. The van der Waals surface area contributed by atoms with Crippen molar-refractivity contribution in [2.75, 3.05) is 5.32 Å². The maximum absolute atomic E-state index is 13.1. The highest BCUT2D eigenvalue weighted by atomic mass is 79.9. The number of aromatic nitrogens is 2. The molecular weight excluding hydrogens is 494 g/mol. The second kappa shape index (κ2) is 9.06. The van der Waals surface area contributed by atoms with Crippen LogP contribution in [0.2, 0.25) is 5.02 Å². The minimum Gasteiger partial charge on any atom is -0.337 e. The van der Waals surface area contributed by atoms with Crippen LogP contribution in [0.3, 0.4) is 0 Å². The van der Waals surface area contributed by atoms with Gasteiger partial charge in [0.25, 0.3) is 0 Å². The molecule has 0 unspecified atom stereocenters. The summed E-state index contributed by atoms with van der Waals surface area (Å²) in [6.07, 6.45) is 4.40. The summed E-state index contributed by atoms with van der Waals surface area (Å²) in [4.78, 5) is 42.8. The maximum atomic E-state index is 13.1. The number of halogens is 2. The van der Waals surface area contributed by atoms with Crippen LogP contribution in [0.15, 0.2) is 76.4 Å². The van der Waals surface area contributed by atoms with Gasteiger partial charge in [-0.15, -0.1) is 0 Å². The van der Waals surface area contributed by atoms with Crippen LogP contribution < -0.4 is 10.7 Å². The van der Waals surface area contributed by atoms with E-state index in [-0.39, 0.29) is 18.0 Å². The number of carbonyl (C=O) groups excluding carboxylic acids is 2. The van der Waals surface area contributed by atoms with Crippen molar-refractivity contribution in [2.45, 2.75) is 13.5 Å². The molecule has 0 aliphatic heterocycles. The summed E-state index contributed by atoms with van der Waals surface area (Å²) in [6, 6.07) is 13.6. The highest BCUT2D eigenvalue weighted by molar-refractivity contribution is 9.10. The number of ketones is 1. The van der Waals surface area contributed by atoms with Crippen molar-refractivity contribution < 1.29 is 9.59 Å². The van der Waals surface area contributed by atoms with Crippen LogP contribution in [0, 0.1) is 6.92 Å². The first-order valence-electron chi connectivity index (χ1n) is 9.67. The monoisotopic (exact) mass is 509 g/mol. The number of pyridine rings is 2. The molecule has 0 atom stereocenters. The van der Waals surface area contributed by atoms with Gasteiger partial charge in [0.1, 0.15) is 6.54 Å². The van der Waals surface area contributed by atoms with Gasteiger partial charge in [0.15, 0.2) is 5.78 Å². The van der Waals surface area contributed by atoms with E-state index < -0.39 is 11.2 Å². The normalized spacial score (nSPS) is 10.8. The Labute approximate surface area is 197 Å². The van der Waals surface area contributed by atoms with Gasteiger partial charge in [-0.25, -0.2) is 0 Å². The number of fused-ring (bicyclic) bond motifs is 1. The predicted molar refractivity (Wildman–Crippen MR) is 128 cm³/mol. The SMILES string of the molecule is Cc1ccc(NC(=O)Cn2cc(C(=O)c3ccncc3)c(=O)c3cc(Br)ccc32)c(Cl)c1. The molecular formula is C24H17BrClN3O3. The molecule has 2 aromatic heterocycles. The first kappa shape index (κ1) is 21.9. The quantitative estimate of drug-likeness (QED) is 0.384. The molecule has 4 aromatic rings. The molecule has 1 N–H and O–H groups in total. The first-order valence-corrected chi connectivity index (χ1v) is 10.8. The van der Waals surface area contributed by atoms with Crippen LogP contribution >= 0.6 is 27.5 Å². The predicted octanol–water partition coefficient (Wildman–Crippen LogP) is 4.99. The minimum absolute atomic E-state index is 0.0250. The smallest absolute Gasteiger partial charge is 0.244 e. The zero-order valence-electron chi connectivity index (χ0n) is 16.9. The standard InChI is InChI=1S/C24H17BrClN3O3/c1-14-2-4-20(19(26)10-14)28-22(30)13-29-12-18(23(31)15-6-8-27-9-7-15)24(32)17-11-16(25)3-5-21(17)29/h2-12H,13H2,1H3,(H,28,30). The topological polar surface area (TPSA) is 81.1 Å². The van der Waals surface area contributed by atoms with Crippen LogP contribution in [-0.2, 0) is 11.3 Å². The fraction of sp³-hybridized carbons (Fsp3) is 0.0833. The Kier molecular flexibility index (Phi) is 6.21. The molecule has 0 fully saturated rings. The Morgan fingerprint density at radius 3 is 2.56 bits per heavy atom. The number of hydrogen-bond acceptors (Lipinski definition) is 4. The molecule has 0 bridgehead atoms. The molecule has 32 heavy (non-hydrogen) atoms. The summed E-state index contributed by atoms with van der Waals surface area (Å²) in [7, 11) is 0. The van der Waals surface area contributed by atoms with Gasteiger partial charge in [-0.05, 0) is 55.0 Å². The molecule has 6 nitrogen and oxygen atoms in total. The van der Waals surface area contributed by atoms with Crippen molar-refractivity contribution in [1.29, 1.82) is 0 Å². The van der Waals surface area contributed by atoms with Crippen molar-refractivity contribution >= 4 is 55.8 Å². The Morgan fingerprint density at radius 1 is 1.09 bits per heavy atom. The molecule has 0 aliphatic carbocycles. The molecule has 160 valence electrons. The van der Waals surface area contributed by atoms with Crippen LogP contribution in [0.1, 0.15) is 21.5 Å². The number of anilines is 1. The Hall–Kier alpha value is -3.29. The second-order valence-corrected chi connectivity index (χ2v) is 8.58. The Balaban J connectivity index is 1.76. The number of benzene rings is 2. The average Bonchev–Trinajstić information content (AvgIpc) is 2.78. The lowest BCUT2D eigenvalue weighted by Gasteiger charge is -2.14. The third-order valence-corrected chi connectivity index (χ3v) is 5.75. The largest absolute Gasteiger partial charge is 0.337 e. The van der Waals surface area contributed by atoms with E-state index in [0.29, 0.717) is 31.6 Å². The molecule has 0 spiro atoms. The molecule has 8 heteroatoms. The van der Waals surface area contributed by atoms with Crippen molar-refractivity contribution in [3.05, 3.63) is 104 Å². The van der Waals surface area contributed by atoms with Gasteiger partial charge in [-0.1, -0.05) is 33.6 Å². The Bertz CT molecular complexity index is 1420. The van der Waals surface area contributed by atoms with E-state index in [1.165, 1.54) is 18.6 Å². The molecule has 2 heterocycles. The van der Waals surface area contributed by atoms with E-state index in [4.69, 9.17) is 11.6 Å². The maximum Gasteiger partial charge on any atom is 0.244 e. The van der Waals surface area contributed by atoms with Crippen molar-refractivity contribution in [2.24, 2.45) is 0 Å². The number of carbonyl (C=O) groups is 2. The summed E-state index contributed by atoms with van der Waals surface area (Å²) in [5.74, 6) is -0.777. The third-order valence-electron chi connectivity index (χ3n) is 4.94. The number of rotatable bonds is 5. The zero-order chi connectivity index (χ0) is 22.8. The van der Waals surface area contributed by atoms with Gasteiger partial charge < -0.3 is 9.88 Å². The number of aryl methyl sites for hydroxylation is 1. The van der Waals surface area contributed by atoms with Gasteiger partial charge in [-0.2, -0.15) is 0 Å². The third kappa shape index (κ3) is 4.49. The van der Waals surface area contributed by atoms with Gasteiger partial charge in [0, 0.05) is 34.0 Å². The molecule has 0 radical (unpaired) electrons. The number of hydrogen-bond donors (Lipinski definition) is 1. The lowest BCUT2D eigenvalue weighted by molar-refractivity contribution is -0.116. The molecule has 0 saturated carbocycles. The number of amides is 1. The van der Waals surface area contributed by atoms with E-state index >= 15 is 0 Å². The summed E-state index contributed by atoms with van der Waals surface area (Å²) >= 11 is 9.60. The van der Waals surface area contributed by atoms with Crippen LogP contribution in [0.5, 0.6) is 0 Å². The first-order chi connectivity index (χ1) is 15.3. The molecule has 1 amide bonds. The summed E-state index contributed by atoms with van der Waals surface area (Å²) in [6.45, 7) is 1.79.